The topological polar surface area (TPSA) is 101 Å². The Morgan fingerprint density at radius 3 is 2.57 bits per heavy atom. The number of sulfone groups is 1. The molecule has 2 N–H and O–H groups in total. The van der Waals surface area contributed by atoms with Gasteiger partial charge >= 0.3 is 5.97 Å². The SMILES string of the molecule is CC(CCCC(=O)O)NC(=O)c1cccc(S(C)(=O)=O)c1. The number of carbonyl (C=O) groups excluding carboxylic acids is 1. The van der Waals surface area contributed by atoms with Crippen molar-refractivity contribution in [2.24, 2.45) is 0 Å². The van der Waals surface area contributed by atoms with Crippen molar-refractivity contribution in [1.29, 1.82) is 0 Å². The predicted octanol–water partition coefficient (Wildman–Crippen LogP) is 1.46. The Hall–Kier alpha value is -1.89. The average Bonchev–Trinajstić information content (AvgIpc) is 2.37. The molecule has 1 aromatic carbocycles. The van der Waals surface area contributed by atoms with Gasteiger partial charge < -0.3 is 10.4 Å². The molecule has 1 aromatic rings. The predicted molar refractivity (Wildman–Crippen MR) is 78.0 cm³/mol. The van der Waals surface area contributed by atoms with Crippen LogP contribution in [0.1, 0.15) is 36.5 Å². The van der Waals surface area contributed by atoms with E-state index in [4.69, 9.17) is 5.11 Å². The van der Waals surface area contributed by atoms with Gasteiger partial charge in [-0.3, -0.25) is 9.59 Å². The number of carboxylic acid groups (broad SMARTS) is 1. The molecule has 0 fully saturated rings. The normalized spacial score (nSPS) is 12.7. The Kier molecular flexibility index (Phi) is 5.90. The first-order chi connectivity index (χ1) is 9.70. The molecule has 0 heterocycles. The van der Waals surface area contributed by atoms with E-state index in [9.17, 15) is 18.0 Å². The summed E-state index contributed by atoms with van der Waals surface area (Å²) in [7, 11) is -3.36. The highest BCUT2D eigenvalue weighted by Crippen LogP contribution is 2.12. The first kappa shape index (κ1) is 17.2. The van der Waals surface area contributed by atoms with Crippen LogP contribution in [0.5, 0.6) is 0 Å². The maximum atomic E-state index is 12.0. The molecule has 6 nitrogen and oxygen atoms in total. The summed E-state index contributed by atoms with van der Waals surface area (Å²) in [6, 6.07) is 5.63. The molecule has 1 rings (SSSR count). The van der Waals surface area contributed by atoms with Crippen molar-refractivity contribution in [2.75, 3.05) is 6.26 Å². The molecule has 1 amide bonds. The summed E-state index contributed by atoms with van der Waals surface area (Å²) in [5, 5.41) is 11.3. The number of carbonyl (C=O) groups is 2. The van der Waals surface area contributed by atoms with E-state index >= 15 is 0 Å². The zero-order valence-corrected chi connectivity index (χ0v) is 12.8. The van der Waals surface area contributed by atoms with Gasteiger partial charge in [0.15, 0.2) is 9.84 Å². The van der Waals surface area contributed by atoms with Gasteiger partial charge in [0.05, 0.1) is 4.90 Å². The summed E-state index contributed by atoms with van der Waals surface area (Å²) < 4.78 is 22.9. The smallest absolute Gasteiger partial charge is 0.303 e. The molecule has 0 saturated carbocycles. The maximum absolute atomic E-state index is 12.0. The summed E-state index contributed by atoms with van der Waals surface area (Å²) in [4.78, 5) is 22.5. The van der Waals surface area contributed by atoms with E-state index in [1.165, 1.54) is 24.3 Å². The molecule has 0 aliphatic rings. The lowest BCUT2D eigenvalue weighted by molar-refractivity contribution is -0.137. The van der Waals surface area contributed by atoms with Crippen molar-refractivity contribution in [3.8, 4) is 0 Å². The molecule has 1 unspecified atom stereocenters. The molecule has 0 saturated heterocycles. The van der Waals surface area contributed by atoms with Gasteiger partial charge in [-0.1, -0.05) is 6.07 Å². The third-order valence-corrected chi connectivity index (χ3v) is 4.04. The van der Waals surface area contributed by atoms with Crippen LogP contribution in [-0.2, 0) is 14.6 Å². The quantitative estimate of drug-likeness (QED) is 0.793. The van der Waals surface area contributed by atoms with Crippen molar-refractivity contribution in [2.45, 2.75) is 37.1 Å². The molecule has 0 aliphatic carbocycles. The highest BCUT2D eigenvalue weighted by Gasteiger charge is 2.13. The van der Waals surface area contributed by atoms with Crippen LogP contribution in [0.25, 0.3) is 0 Å². The molecule has 21 heavy (non-hydrogen) atoms. The van der Waals surface area contributed by atoms with E-state index in [0.29, 0.717) is 12.8 Å². The summed E-state index contributed by atoms with van der Waals surface area (Å²) in [5.74, 6) is -1.24. The Bertz CT molecular complexity index is 624. The lowest BCUT2D eigenvalue weighted by Gasteiger charge is -2.13. The van der Waals surface area contributed by atoms with Crippen molar-refractivity contribution in [3.05, 3.63) is 29.8 Å². The van der Waals surface area contributed by atoms with Crippen molar-refractivity contribution in [1.82, 2.24) is 5.32 Å². The Balaban J connectivity index is 2.65. The fraction of sp³-hybridized carbons (Fsp3) is 0.429. The molecule has 0 radical (unpaired) electrons. The maximum Gasteiger partial charge on any atom is 0.303 e. The monoisotopic (exact) mass is 313 g/mol. The van der Waals surface area contributed by atoms with E-state index in [-0.39, 0.29) is 28.8 Å². The first-order valence-corrected chi connectivity index (χ1v) is 8.42. The Morgan fingerprint density at radius 2 is 2.00 bits per heavy atom. The van der Waals surface area contributed by atoms with Crippen LogP contribution in [0.15, 0.2) is 29.2 Å². The number of hydrogen-bond donors (Lipinski definition) is 2. The van der Waals surface area contributed by atoms with Gasteiger partial charge in [0.1, 0.15) is 0 Å². The lowest BCUT2D eigenvalue weighted by Crippen LogP contribution is -2.32. The number of nitrogens with one attached hydrogen (secondary N) is 1. The highest BCUT2D eigenvalue weighted by molar-refractivity contribution is 7.90. The molecule has 1 atom stereocenters. The van der Waals surface area contributed by atoms with Gasteiger partial charge in [-0.05, 0) is 38.0 Å². The molecule has 0 bridgehead atoms. The average molecular weight is 313 g/mol. The van der Waals surface area contributed by atoms with Crippen LogP contribution in [0.2, 0.25) is 0 Å². The molecule has 0 spiro atoms. The van der Waals surface area contributed by atoms with E-state index in [0.717, 1.165) is 6.26 Å². The minimum absolute atomic E-state index is 0.0593. The summed E-state index contributed by atoms with van der Waals surface area (Å²) in [6.07, 6.45) is 2.16. The largest absolute Gasteiger partial charge is 0.481 e. The van der Waals surface area contributed by atoms with Gasteiger partial charge in [0, 0.05) is 24.3 Å². The van der Waals surface area contributed by atoms with Gasteiger partial charge in [-0.15, -0.1) is 0 Å². The second kappa shape index (κ2) is 7.21. The minimum Gasteiger partial charge on any atom is -0.481 e. The number of amides is 1. The van der Waals surface area contributed by atoms with Gasteiger partial charge in [-0.2, -0.15) is 0 Å². The minimum atomic E-state index is -3.36. The fourth-order valence-corrected chi connectivity index (χ4v) is 2.47. The molecular formula is C14H19NO5S. The van der Waals surface area contributed by atoms with Crippen LogP contribution >= 0.6 is 0 Å². The standard InChI is InChI=1S/C14H19NO5S/c1-10(5-3-8-13(16)17)15-14(18)11-6-4-7-12(9-11)21(2,19)20/h4,6-7,9-10H,3,5,8H2,1-2H3,(H,15,18)(H,16,17). The molecular weight excluding hydrogens is 294 g/mol. The number of rotatable bonds is 7. The van der Waals surface area contributed by atoms with E-state index < -0.39 is 15.8 Å². The lowest BCUT2D eigenvalue weighted by atomic mass is 10.1. The van der Waals surface area contributed by atoms with E-state index in [1.54, 1.807) is 6.92 Å². The van der Waals surface area contributed by atoms with Crippen molar-refractivity contribution < 1.29 is 23.1 Å². The molecule has 0 aromatic heterocycles. The van der Waals surface area contributed by atoms with Crippen LogP contribution in [-0.4, -0.2) is 37.7 Å². The van der Waals surface area contributed by atoms with E-state index in [1.807, 2.05) is 0 Å². The number of hydrogen-bond acceptors (Lipinski definition) is 4. The molecule has 7 heteroatoms. The molecule has 0 aliphatic heterocycles. The third-order valence-electron chi connectivity index (χ3n) is 2.93. The summed E-state index contributed by atoms with van der Waals surface area (Å²) >= 11 is 0. The first-order valence-electron chi connectivity index (χ1n) is 6.53. The summed E-state index contributed by atoms with van der Waals surface area (Å²) in [6.45, 7) is 1.78. The zero-order valence-electron chi connectivity index (χ0n) is 12.0. The number of benzene rings is 1. The Morgan fingerprint density at radius 1 is 1.33 bits per heavy atom. The zero-order chi connectivity index (χ0) is 16.0. The van der Waals surface area contributed by atoms with Crippen LogP contribution < -0.4 is 5.32 Å². The number of aliphatic carboxylic acids is 1. The number of carboxylic acids is 1. The fourth-order valence-electron chi connectivity index (χ4n) is 1.81. The van der Waals surface area contributed by atoms with Crippen LogP contribution in [0, 0.1) is 0 Å². The second-order valence-electron chi connectivity index (χ2n) is 4.96. The highest BCUT2D eigenvalue weighted by atomic mass is 32.2. The Labute approximate surface area is 124 Å². The van der Waals surface area contributed by atoms with Crippen LogP contribution in [0.4, 0.5) is 0 Å². The summed E-state index contributed by atoms with van der Waals surface area (Å²) in [5.41, 5.74) is 0.267. The van der Waals surface area contributed by atoms with Crippen molar-refractivity contribution in [3.63, 3.8) is 0 Å². The van der Waals surface area contributed by atoms with Crippen LogP contribution in [0.3, 0.4) is 0 Å². The van der Waals surface area contributed by atoms with Gasteiger partial charge in [0.25, 0.3) is 5.91 Å². The third kappa shape index (κ3) is 5.95. The van der Waals surface area contributed by atoms with Gasteiger partial charge in [-0.25, -0.2) is 8.42 Å². The van der Waals surface area contributed by atoms with Crippen molar-refractivity contribution >= 4 is 21.7 Å². The second-order valence-corrected chi connectivity index (χ2v) is 6.98. The molecule has 116 valence electrons. The van der Waals surface area contributed by atoms with E-state index in [2.05, 4.69) is 5.32 Å². The van der Waals surface area contributed by atoms with Gasteiger partial charge in [0.2, 0.25) is 0 Å².